The van der Waals surface area contributed by atoms with Crippen LogP contribution in [0.3, 0.4) is 0 Å². The van der Waals surface area contributed by atoms with E-state index in [9.17, 15) is 9.59 Å². The van der Waals surface area contributed by atoms with Gasteiger partial charge < -0.3 is 18.9 Å². The number of carbonyl (C=O) groups is 2. The third-order valence-electron chi connectivity index (χ3n) is 3.59. The first-order chi connectivity index (χ1) is 13.3. The van der Waals surface area contributed by atoms with E-state index in [2.05, 4.69) is 13.2 Å². The molecule has 0 aliphatic rings. The molecule has 2 rings (SSSR count). The fourth-order valence-corrected chi connectivity index (χ4v) is 2.06. The molecule has 2 aromatic carbocycles. The highest BCUT2D eigenvalue weighted by Gasteiger charge is 2.11. The molecule has 0 fully saturated rings. The Kier molecular flexibility index (Phi) is 6.98. The van der Waals surface area contributed by atoms with E-state index >= 15 is 0 Å². The van der Waals surface area contributed by atoms with Crippen LogP contribution in [0.1, 0.15) is 19.4 Å². The van der Waals surface area contributed by atoms with Crippen LogP contribution in [-0.2, 0) is 16.2 Å². The summed E-state index contributed by atoms with van der Waals surface area (Å²) >= 11 is 0. The van der Waals surface area contributed by atoms with E-state index in [0.717, 1.165) is 5.56 Å². The number of hydrogen-bond donors (Lipinski definition) is 0. The van der Waals surface area contributed by atoms with Crippen molar-refractivity contribution in [2.24, 2.45) is 0 Å². The summed E-state index contributed by atoms with van der Waals surface area (Å²) in [6, 6.07) is 11.7. The molecule has 0 spiro atoms. The number of methoxy groups -OCH3 is 1. The van der Waals surface area contributed by atoms with Gasteiger partial charge in [0.05, 0.1) is 7.11 Å². The van der Waals surface area contributed by atoms with Crippen LogP contribution in [0, 0.1) is 0 Å². The summed E-state index contributed by atoms with van der Waals surface area (Å²) in [7, 11) is 1.52. The van der Waals surface area contributed by atoms with Crippen molar-refractivity contribution in [3.8, 4) is 23.0 Å². The summed E-state index contributed by atoms with van der Waals surface area (Å²) < 4.78 is 21.4. The van der Waals surface area contributed by atoms with Crippen molar-refractivity contribution in [1.82, 2.24) is 0 Å². The molecule has 0 aliphatic heterocycles. The molecule has 0 heterocycles. The molecule has 0 atom stereocenters. The van der Waals surface area contributed by atoms with Gasteiger partial charge in [-0.05, 0) is 50.2 Å². The molecule has 0 amide bonds. The molecule has 6 nitrogen and oxygen atoms in total. The molecule has 0 N–H and O–H groups in total. The summed E-state index contributed by atoms with van der Waals surface area (Å²) in [6.45, 7) is 10.5. The molecule has 0 saturated heterocycles. The summed E-state index contributed by atoms with van der Waals surface area (Å²) in [5.74, 6) is 0.900. The lowest BCUT2D eigenvalue weighted by Crippen LogP contribution is -2.08. The van der Waals surface area contributed by atoms with Crippen molar-refractivity contribution < 1.29 is 28.5 Å². The normalized spacial score (nSPS) is 9.96. The Bertz CT molecular complexity index is 896. The van der Waals surface area contributed by atoms with Crippen LogP contribution in [-0.4, -0.2) is 19.0 Å². The highest BCUT2D eigenvalue weighted by molar-refractivity contribution is 5.89. The van der Waals surface area contributed by atoms with Crippen molar-refractivity contribution in [2.45, 2.75) is 20.5 Å². The van der Waals surface area contributed by atoms with Crippen LogP contribution in [0.2, 0.25) is 0 Å². The molecular formula is C22H22O6. The van der Waals surface area contributed by atoms with E-state index < -0.39 is 11.9 Å². The Labute approximate surface area is 164 Å². The maximum Gasteiger partial charge on any atom is 0.338 e. The first-order valence-corrected chi connectivity index (χ1v) is 8.45. The van der Waals surface area contributed by atoms with Gasteiger partial charge in [0.2, 0.25) is 0 Å². The van der Waals surface area contributed by atoms with Gasteiger partial charge in [-0.15, -0.1) is 0 Å². The van der Waals surface area contributed by atoms with Crippen molar-refractivity contribution in [1.29, 1.82) is 0 Å². The van der Waals surface area contributed by atoms with Crippen molar-refractivity contribution in [3.05, 3.63) is 72.3 Å². The Morgan fingerprint density at radius 2 is 1.32 bits per heavy atom. The third kappa shape index (κ3) is 5.74. The Morgan fingerprint density at radius 3 is 1.86 bits per heavy atom. The molecule has 2 aromatic rings. The van der Waals surface area contributed by atoms with Crippen LogP contribution < -0.4 is 18.9 Å². The molecular weight excluding hydrogens is 360 g/mol. The molecule has 0 bridgehead atoms. The predicted octanol–water partition coefficient (Wildman–Crippen LogP) is 4.24. The van der Waals surface area contributed by atoms with Crippen molar-refractivity contribution in [2.75, 3.05) is 7.11 Å². The van der Waals surface area contributed by atoms with Crippen LogP contribution in [0.25, 0.3) is 0 Å². The molecule has 6 heteroatoms. The third-order valence-corrected chi connectivity index (χ3v) is 3.59. The van der Waals surface area contributed by atoms with Crippen LogP contribution >= 0.6 is 0 Å². The van der Waals surface area contributed by atoms with Gasteiger partial charge in [-0.25, -0.2) is 9.59 Å². The minimum absolute atomic E-state index is 0.239. The van der Waals surface area contributed by atoms with Crippen molar-refractivity contribution >= 4 is 11.9 Å². The van der Waals surface area contributed by atoms with Gasteiger partial charge in [0.1, 0.15) is 29.6 Å². The van der Waals surface area contributed by atoms with Crippen molar-refractivity contribution in [3.63, 3.8) is 0 Å². The monoisotopic (exact) mass is 382 g/mol. The Hall–Kier alpha value is -3.54. The number of hydrogen-bond acceptors (Lipinski definition) is 6. The minimum atomic E-state index is -0.501. The Morgan fingerprint density at radius 1 is 0.821 bits per heavy atom. The number of rotatable bonds is 8. The highest BCUT2D eigenvalue weighted by Crippen LogP contribution is 2.27. The minimum Gasteiger partial charge on any atom is -0.496 e. The number of carbonyl (C=O) groups excluding carboxylic acids is 2. The largest absolute Gasteiger partial charge is 0.496 e. The summed E-state index contributed by atoms with van der Waals surface area (Å²) in [4.78, 5) is 23.1. The first kappa shape index (κ1) is 20.8. The summed E-state index contributed by atoms with van der Waals surface area (Å²) in [5, 5.41) is 0. The van der Waals surface area contributed by atoms with Gasteiger partial charge in [-0.1, -0.05) is 13.2 Å². The predicted molar refractivity (Wildman–Crippen MR) is 105 cm³/mol. The average Bonchev–Trinajstić information content (AvgIpc) is 2.67. The lowest BCUT2D eigenvalue weighted by Gasteiger charge is -2.12. The second-order valence-corrected chi connectivity index (χ2v) is 6.07. The van der Waals surface area contributed by atoms with Gasteiger partial charge in [0.15, 0.2) is 0 Å². The zero-order valence-corrected chi connectivity index (χ0v) is 16.1. The van der Waals surface area contributed by atoms with E-state index in [1.165, 1.54) is 7.11 Å². The molecule has 0 saturated carbocycles. The lowest BCUT2D eigenvalue weighted by molar-refractivity contribution is -0.130. The van der Waals surface area contributed by atoms with Crippen LogP contribution in [0.15, 0.2) is 66.8 Å². The van der Waals surface area contributed by atoms with Gasteiger partial charge in [0.25, 0.3) is 0 Å². The SMILES string of the molecule is C=C(C)C(=O)Oc1ccc(OCc2ccc(OC(=O)C(=C)C)cc2OC)cc1. The van der Waals surface area contributed by atoms with Crippen LogP contribution in [0.5, 0.6) is 23.0 Å². The fraction of sp³-hybridized carbons (Fsp3) is 0.182. The fourth-order valence-electron chi connectivity index (χ4n) is 2.06. The molecule has 0 unspecified atom stereocenters. The number of benzene rings is 2. The quantitative estimate of drug-likeness (QED) is 0.386. The topological polar surface area (TPSA) is 71.1 Å². The van der Waals surface area contributed by atoms with Gasteiger partial charge in [0, 0.05) is 22.8 Å². The molecule has 0 aromatic heterocycles. The van der Waals surface area contributed by atoms with E-state index in [0.29, 0.717) is 34.1 Å². The smallest absolute Gasteiger partial charge is 0.338 e. The standard InChI is InChI=1S/C22H22O6/c1-14(2)21(23)27-18-10-8-17(9-11-18)26-13-16-6-7-19(12-20(16)25-5)28-22(24)15(3)4/h6-12H,1,3,13H2,2,4-5H3. The maximum absolute atomic E-state index is 11.6. The van der Waals surface area contributed by atoms with Gasteiger partial charge in [-0.2, -0.15) is 0 Å². The maximum atomic E-state index is 11.6. The van der Waals surface area contributed by atoms with E-state index in [1.54, 1.807) is 56.3 Å². The number of esters is 2. The molecule has 0 aliphatic carbocycles. The second kappa shape index (κ2) is 9.41. The zero-order chi connectivity index (χ0) is 20.7. The van der Waals surface area contributed by atoms with Crippen LogP contribution in [0.4, 0.5) is 0 Å². The average molecular weight is 382 g/mol. The number of ether oxygens (including phenoxy) is 4. The summed E-state index contributed by atoms with van der Waals surface area (Å²) in [5.41, 5.74) is 1.41. The van der Waals surface area contributed by atoms with E-state index in [4.69, 9.17) is 18.9 Å². The van der Waals surface area contributed by atoms with Gasteiger partial charge in [-0.3, -0.25) is 0 Å². The van der Waals surface area contributed by atoms with Gasteiger partial charge >= 0.3 is 11.9 Å². The zero-order valence-electron chi connectivity index (χ0n) is 16.1. The lowest BCUT2D eigenvalue weighted by atomic mass is 10.2. The molecule has 28 heavy (non-hydrogen) atoms. The second-order valence-electron chi connectivity index (χ2n) is 6.07. The van der Waals surface area contributed by atoms with E-state index in [-0.39, 0.29) is 6.61 Å². The Balaban J connectivity index is 2.01. The first-order valence-electron chi connectivity index (χ1n) is 8.45. The molecule has 146 valence electrons. The highest BCUT2D eigenvalue weighted by atomic mass is 16.5. The van der Waals surface area contributed by atoms with E-state index in [1.807, 2.05) is 0 Å². The summed E-state index contributed by atoms with van der Waals surface area (Å²) in [6.07, 6.45) is 0. The molecule has 0 radical (unpaired) electrons.